The fraction of sp³-hybridized carbons (Fsp3) is 0.143. The summed E-state index contributed by atoms with van der Waals surface area (Å²) in [6.45, 7) is 2.28. The standard InChI is InChI=1S/C21H21OP/c1-22-20-15-13-19(14-16-20)21(23-2,17-9-5-3-6-10-17)18-11-7-4-8-12-18/h3-16,23H,1-2H3. The Labute approximate surface area is 140 Å². The molecule has 3 aromatic carbocycles. The van der Waals surface area contributed by atoms with Crippen LogP contribution in [0, 0.1) is 0 Å². The predicted molar refractivity (Wildman–Crippen MR) is 100.0 cm³/mol. The maximum atomic E-state index is 5.33. The molecule has 0 aliphatic rings. The van der Waals surface area contributed by atoms with E-state index in [0.29, 0.717) is 8.58 Å². The molecule has 0 aromatic heterocycles. The molecule has 1 atom stereocenters. The SMILES string of the molecule is COc1ccc(C(PC)(c2ccccc2)c2ccccc2)cc1. The zero-order valence-corrected chi connectivity index (χ0v) is 14.5. The molecule has 0 aliphatic heterocycles. The van der Waals surface area contributed by atoms with E-state index in [9.17, 15) is 0 Å². The normalized spacial score (nSPS) is 11.7. The summed E-state index contributed by atoms with van der Waals surface area (Å²) in [6, 6.07) is 30.0. The predicted octanol–water partition coefficient (Wildman–Crippen LogP) is 5.30. The van der Waals surface area contributed by atoms with Crippen LogP contribution in [0.3, 0.4) is 0 Å². The summed E-state index contributed by atoms with van der Waals surface area (Å²) in [5, 5.41) is -0.116. The van der Waals surface area contributed by atoms with Crippen molar-refractivity contribution in [1.29, 1.82) is 0 Å². The van der Waals surface area contributed by atoms with E-state index in [4.69, 9.17) is 4.74 Å². The highest BCUT2D eigenvalue weighted by molar-refractivity contribution is 7.39. The minimum atomic E-state index is -0.116. The molecule has 2 heteroatoms. The summed E-state index contributed by atoms with van der Waals surface area (Å²) >= 11 is 0. The molecule has 116 valence electrons. The van der Waals surface area contributed by atoms with Crippen LogP contribution < -0.4 is 4.74 Å². The number of rotatable bonds is 5. The van der Waals surface area contributed by atoms with Crippen molar-refractivity contribution < 1.29 is 4.74 Å². The smallest absolute Gasteiger partial charge is 0.118 e. The highest BCUT2D eigenvalue weighted by Crippen LogP contribution is 2.50. The van der Waals surface area contributed by atoms with E-state index in [1.807, 2.05) is 0 Å². The topological polar surface area (TPSA) is 9.23 Å². The van der Waals surface area contributed by atoms with Crippen LogP contribution in [0.5, 0.6) is 5.75 Å². The van der Waals surface area contributed by atoms with Crippen molar-refractivity contribution in [2.45, 2.75) is 5.16 Å². The van der Waals surface area contributed by atoms with Gasteiger partial charge in [0.15, 0.2) is 0 Å². The van der Waals surface area contributed by atoms with E-state index >= 15 is 0 Å². The van der Waals surface area contributed by atoms with Gasteiger partial charge in [0.05, 0.1) is 12.3 Å². The lowest BCUT2D eigenvalue weighted by Gasteiger charge is -2.35. The van der Waals surface area contributed by atoms with Crippen molar-refractivity contribution in [3.8, 4) is 5.75 Å². The second-order valence-electron chi connectivity index (χ2n) is 5.46. The zero-order valence-electron chi connectivity index (χ0n) is 13.5. The van der Waals surface area contributed by atoms with E-state index in [0.717, 1.165) is 5.75 Å². The van der Waals surface area contributed by atoms with Gasteiger partial charge in [-0.25, -0.2) is 0 Å². The fourth-order valence-corrected chi connectivity index (χ4v) is 4.52. The summed E-state index contributed by atoms with van der Waals surface area (Å²) < 4.78 is 5.33. The van der Waals surface area contributed by atoms with Gasteiger partial charge in [-0.1, -0.05) is 72.8 Å². The van der Waals surface area contributed by atoms with Crippen LogP contribution in [-0.2, 0) is 5.16 Å². The molecule has 23 heavy (non-hydrogen) atoms. The number of hydrogen-bond acceptors (Lipinski definition) is 1. The molecule has 0 amide bonds. The maximum absolute atomic E-state index is 5.33. The third-order valence-corrected chi connectivity index (χ3v) is 5.93. The average molecular weight is 320 g/mol. The van der Waals surface area contributed by atoms with Gasteiger partial charge in [-0.05, 0) is 35.5 Å². The maximum Gasteiger partial charge on any atom is 0.118 e. The number of benzene rings is 3. The first-order chi connectivity index (χ1) is 11.3. The summed E-state index contributed by atoms with van der Waals surface area (Å²) in [5.41, 5.74) is 3.96. The molecule has 0 radical (unpaired) electrons. The monoisotopic (exact) mass is 320 g/mol. The lowest BCUT2D eigenvalue weighted by atomic mass is 9.84. The van der Waals surface area contributed by atoms with Crippen LogP contribution in [0.4, 0.5) is 0 Å². The van der Waals surface area contributed by atoms with Crippen molar-refractivity contribution in [3.05, 3.63) is 102 Å². The van der Waals surface area contributed by atoms with Gasteiger partial charge in [-0.3, -0.25) is 0 Å². The summed E-state index contributed by atoms with van der Waals surface area (Å²) in [4.78, 5) is 0. The van der Waals surface area contributed by atoms with E-state index in [1.54, 1.807) is 7.11 Å². The molecule has 0 spiro atoms. The van der Waals surface area contributed by atoms with E-state index in [-0.39, 0.29) is 5.16 Å². The van der Waals surface area contributed by atoms with E-state index in [2.05, 4.69) is 91.6 Å². The van der Waals surface area contributed by atoms with Crippen LogP contribution in [0.15, 0.2) is 84.9 Å². The van der Waals surface area contributed by atoms with Gasteiger partial charge in [-0.15, -0.1) is 8.58 Å². The van der Waals surface area contributed by atoms with E-state index < -0.39 is 0 Å². The molecule has 3 rings (SSSR count). The molecule has 3 aromatic rings. The molecule has 0 bridgehead atoms. The van der Waals surface area contributed by atoms with Crippen LogP contribution in [0.1, 0.15) is 16.7 Å². The van der Waals surface area contributed by atoms with Gasteiger partial charge in [0, 0.05) is 0 Å². The highest BCUT2D eigenvalue weighted by atomic mass is 31.1. The van der Waals surface area contributed by atoms with Gasteiger partial charge >= 0.3 is 0 Å². The van der Waals surface area contributed by atoms with Crippen molar-refractivity contribution >= 4 is 8.58 Å². The Morgan fingerprint density at radius 1 is 0.652 bits per heavy atom. The van der Waals surface area contributed by atoms with Crippen molar-refractivity contribution in [2.24, 2.45) is 0 Å². The first-order valence-corrected chi connectivity index (χ1v) is 9.26. The lowest BCUT2D eigenvalue weighted by molar-refractivity contribution is 0.414. The number of hydrogen-bond donors (Lipinski definition) is 0. The summed E-state index contributed by atoms with van der Waals surface area (Å²) in [6.07, 6.45) is 0. The Morgan fingerprint density at radius 2 is 1.09 bits per heavy atom. The molecule has 0 N–H and O–H groups in total. The highest BCUT2D eigenvalue weighted by Gasteiger charge is 2.34. The van der Waals surface area contributed by atoms with Crippen molar-refractivity contribution in [3.63, 3.8) is 0 Å². The Balaban J connectivity index is 2.24. The van der Waals surface area contributed by atoms with Crippen molar-refractivity contribution in [1.82, 2.24) is 0 Å². The Bertz CT molecular complexity index is 696. The van der Waals surface area contributed by atoms with Crippen LogP contribution >= 0.6 is 8.58 Å². The average Bonchev–Trinajstić information content (AvgIpc) is 2.65. The molecule has 0 saturated carbocycles. The Morgan fingerprint density at radius 3 is 1.48 bits per heavy atom. The zero-order chi connectivity index (χ0) is 16.1. The molecule has 1 nitrogen and oxygen atoms in total. The third-order valence-electron chi connectivity index (χ3n) is 4.31. The van der Waals surface area contributed by atoms with Crippen LogP contribution in [0.25, 0.3) is 0 Å². The van der Waals surface area contributed by atoms with Crippen LogP contribution in [0.2, 0.25) is 0 Å². The third kappa shape index (κ3) is 2.90. The van der Waals surface area contributed by atoms with Gasteiger partial charge in [-0.2, -0.15) is 0 Å². The Hall–Kier alpha value is -2.11. The van der Waals surface area contributed by atoms with Gasteiger partial charge < -0.3 is 4.74 Å². The molecule has 0 aliphatic carbocycles. The number of methoxy groups -OCH3 is 1. The second kappa shape index (κ2) is 6.98. The van der Waals surface area contributed by atoms with Gasteiger partial charge in [0.2, 0.25) is 0 Å². The fourth-order valence-electron chi connectivity index (χ4n) is 3.15. The lowest BCUT2D eigenvalue weighted by Crippen LogP contribution is -2.23. The molecule has 0 heterocycles. The van der Waals surface area contributed by atoms with Gasteiger partial charge in [0.1, 0.15) is 5.75 Å². The first kappa shape index (κ1) is 15.8. The molecule has 0 fully saturated rings. The van der Waals surface area contributed by atoms with E-state index in [1.165, 1.54) is 16.7 Å². The largest absolute Gasteiger partial charge is 0.497 e. The summed E-state index contributed by atoms with van der Waals surface area (Å²) in [5.74, 6) is 0.892. The molecular weight excluding hydrogens is 299 g/mol. The molecule has 0 saturated heterocycles. The van der Waals surface area contributed by atoms with Crippen molar-refractivity contribution in [2.75, 3.05) is 13.8 Å². The first-order valence-electron chi connectivity index (χ1n) is 7.76. The Kier molecular flexibility index (Phi) is 4.79. The molecule has 1 unspecified atom stereocenters. The van der Waals surface area contributed by atoms with Gasteiger partial charge in [0.25, 0.3) is 0 Å². The summed E-state index contributed by atoms with van der Waals surface area (Å²) in [7, 11) is 2.41. The minimum absolute atomic E-state index is 0.116. The number of ether oxygens (including phenoxy) is 1. The molecular formula is C21H21OP. The minimum Gasteiger partial charge on any atom is -0.497 e. The quantitative estimate of drug-likeness (QED) is 0.458. The second-order valence-corrected chi connectivity index (χ2v) is 6.71. The van der Waals surface area contributed by atoms with Crippen LogP contribution in [-0.4, -0.2) is 13.8 Å².